The van der Waals surface area contributed by atoms with Crippen LogP contribution in [0.3, 0.4) is 0 Å². The van der Waals surface area contributed by atoms with Gasteiger partial charge in [-0.25, -0.2) is 4.98 Å². The van der Waals surface area contributed by atoms with Gasteiger partial charge in [-0.15, -0.1) is 0 Å². The quantitative estimate of drug-likeness (QED) is 0.838. The molecule has 2 N–H and O–H groups in total. The van der Waals surface area contributed by atoms with Crippen molar-refractivity contribution in [2.45, 2.75) is 46.1 Å². The Morgan fingerprint density at radius 3 is 2.72 bits per heavy atom. The van der Waals surface area contributed by atoms with E-state index in [-0.39, 0.29) is 0 Å². The molecule has 0 saturated carbocycles. The van der Waals surface area contributed by atoms with E-state index in [9.17, 15) is 0 Å². The molecule has 1 heterocycles. The van der Waals surface area contributed by atoms with Crippen LogP contribution in [-0.4, -0.2) is 17.6 Å². The maximum Gasteiger partial charge on any atom is 0.165 e. The second kappa shape index (κ2) is 6.85. The fraction of sp³-hybridized carbons (Fsp3) is 0.571. The number of nitriles is 1. The van der Waals surface area contributed by atoms with Crippen LogP contribution in [-0.2, 0) is 0 Å². The molecule has 4 heteroatoms. The van der Waals surface area contributed by atoms with Crippen molar-refractivity contribution in [3.63, 3.8) is 0 Å². The first-order valence-corrected chi connectivity index (χ1v) is 6.57. The topological polar surface area (TPSA) is 65.9 Å². The molecule has 18 heavy (non-hydrogen) atoms. The van der Waals surface area contributed by atoms with Gasteiger partial charge in [0, 0.05) is 12.6 Å². The highest BCUT2D eigenvalue weighted by Crippen LogP contribution is 2.20. The van der Waals surface area contributed by atoms with Crippen LogP contribution in [0.2, 0.25) is 0 Å². The Labute approximate surface area is 109 Å². The standard InChI is InChI=1S/C14H22N4/c1-4-6-9-18(11(3)5-2)14-8-7-12(16)13(10-15)17-14/h7-8,11H,4-6,9,16H2,1-3H3. The van der Waals surface area contributed by atoms with Crippen LogP contribution >= 0.6 is 0 Å². The predicted octanol–water partition coefficient (Wildman–Crippen LogP) is 2.94. The molecule has 1 aromatic rings. The SMILES string of the molecule is CCCCN(c1ccc(N)c(C#N)n1)C(C)CC. The van der Waals surface area contributed by atoms with Crippen LogP contribution in [0.5, 0.6) is 0 Å². The van der Waals surface area contributed by atoms with Gasteiger partial charge in [0.2, 0.25) is 0 Å². The molecule has 0 aliphatic heterocycles. The Morgan fingerprint density at radius 2 is 2.17 bits per heavy atom. The monoisotopic (exact) mass is 246 g/mol. The van der Waals surface area contributed by atoms with Gasteiger partial charge < -0.3 is 10.6 Å². The smallest absolute Gasteiger partial charge is 0.165 e. The van der Waals surface area contributed by atoms with Gasteiger partial charge in [-0.2, -0.15) is 5.26 Å². The lowest BCUT2D eigenvalue weighted by molar-refractivity contribution is 0.589. The molecule has 0 aliphatic rings. The van der Waals surface area contributed by atoms with Gasteiger partial charge in [-0.05, 0) is 31.9 Å². The second-order valence-corrected chi connectivity index (χ2v) is 4.52. The molecule has 0 amide bonds. The van der Waals surface area contributed by atoms with Crippen molar-refractivity contribution in [3.8, 4) is 6.07 Å². The Bertz CT molecular complexity index is 422. The number of nitrogens with zero attached hydrogens (tertiary/aromatic N) is 3. The Morgan fingerprint density at radius 1 is 1.44 bits per heavy atom. The summed E-state index contributed by atoms with van der Waals surface area (Å²) >= 11 is 0. The minimum absolute atomic E-state index is 0.317. The molecule has 1 unspecified atom stereocenters. The normalized spacial score (nSPS) is 11.9. The van der Waals surface area contributed by atoms with Gasteiger partial charge in [0.1, 0.15) is 11.9 Å². The number of rotatable bonds is 6. The number of anilines is 2. The lowest BCUT2D eigenvalue weighted by Crippen LogP contribution is -2.34. The Balaban J connectivity index is 3.01. The van der Waals surface area contributed by atoms with Crippen LogP contribution in [0.15, 0.2) is 12.1 Å². The molecule has 98 valence electrons. The molecule has 1 rings (SSSR count). The van der Waals surface area contributed by atoms with E-state index in [0.29, 0.717) is 17.4 Å². The average Bonchev–Trinajstić information content (AvgIpc) is 2.40. The molecular formula is C14H22N4. The largest absolute Gasteiger partial charge is 0.396 e. The number of nitrogens with two attached hydrogens (primary N) is 1. The van der Waals surface area contributed by atoms with Crippen LogP contribution in [0.25, 0.3) is 0 Å². The summed E-state index contributed by atoms with van der Waals surface area (Å²) in [4.78, 5) is 6.61. The highest BCUT2D eigenvalue weighted by molar-refractivity contribution is 5.55. The number of aromatic nitrogens is 1. The summed E-state index contributed by atoms with van der Waals surface area (Å²) in [6.07, 6.45) is 3.32. The number of pyridine rings is 1. The lowest BCUT2D eigenvalue weighted by atomic mass is 10.2. The zero-order valence-corrected chi connectivity index (χ0v) is 11.5. The van der Waals surface area contributed by atoms with Gasteiger partial charge in [0.15, 0.2) is 5.69 Å². The predicted molar refractivity (Wildman–Crippen MR) is 75.4 cm³/mol. The first-order chi connectivity index (χ1) is 8.63. The average molecular weight is 246 g/mol. The van der Waals surface area contributed by atoms with Crippen molar-refractivity contribution in [2.24, 2.45) is 0 Å². The van der Waals surface area contributed by atoms with Crippen molar-refractivity contribution in [1.82, 2.24) is 4.98 Å². The molecule has 0 aliphatic carbocycles. The second-order valence-electron chi connectivity index (χ2n) is 4.52. The maximum absolute atomic E-state index is 8.99. The molecule has 1 aromatic heterocycles. The summed E-state index contributed by atoms with van der Waals surface area (Å²) in [6.45, 7) is 7.48. The number of unbranched alkanes of at least 4 members (excludes halogenated alkanes) is 1. The zero-order chi connectivity index (χ0) is 13.5. The third kappa shape index (κ3) is 3.36. The van der Waals surface area contributed by atoms with Crippen LogP contribution in [0, 0.1) is 11.3 Å². The summed E-state index contributed by atoms with van der Waals surface area (Å²) in [5, 5.41) is 8.99. The molecule has 4 nitrogen and oxygen atoms in total. The highest BCUT2D eigenvalue weighted by atomic mass is 15.2. The van der Waals surface area contributed by atoms with Crippen molar-refractivity contribution >= 4 is 11.5 Å². The van der Waals surface area contributed by atoms with E-state index in [2.05, 4.69) is 30.7 Å². The van der Waals surface area contributed by atoms with Crippen molar-refractivity contribution in [3.05, 3.63) is 17.8 Å². The first-order valence-electron chi connectivity index (χ1n) is 6.57. The van der Waals surface area contributed by atoms with E-state index in [1.165, 1.54) is 0 Å². The zero-order valence-electron chi connectivity index (χ0n) is 11.5. The van der Waals surface area contributed by atoms with Crippen molar-refractivity contribution in [2.75, 3.05) is 17.2 Å². The van der Waals surface area contributed by atoms with E-state index in [1.807, 2.05) is 12.1 Å². The molecule has 0 saturated heterocycles. The van der Waals surface area contributed by atoms with Gasteiger partial charge in [-0.1, -0.05) is 20.3 Å². The first kappa shape index (κ1) is 14.3. The van der Waals surface area contributed by atoms with E-state index in [4.69, 9.17) is 11.0 Å². The summed E-state index contributed by atoms with van der Waals surface area (Å²) in [5.74, 6) is 0.851. The summed E-state index contributed by atoms with van der Waals surface area (Å²) in [5.41, 5.74) is 6.47. The minimum atomic E-state index is 0.317. The molecule has 0 aromatic carbocycles. The van der Waals surface area contributed by atoms with E-state index >= 15 is 0 Å². The summed E-state index contributed by atoms with van der Waals surface area (Å²) in [6, 6.07) is 6.12. The third-order valence-corrected chi connectivity index (χ3v) is 3.19. The Kier molecular flexibility index (Phi) is 5.44. The van der Waals surface area contributed by atoms with Gasteiger partial charge in [0.05, 0.1) is 5.69 Å². The van der Waals surface area contributed by atoms with E-state index in [1.54, 1.807) is 6.07 Å². The van der Waals surface area contributed by atoms with Crippen LogP contribution in [0.4, 0.5) is 11.5 Å². The van der Waals surface area contributed by atoms with Crippen molar-refractivity contribution in [1.29, 1.82) is 5.26 Å². The van der Waals surface area contributed by atoms with Gasteiger partial charge in [-0.3, -0.25) is 0 Å². The van der Waals surface area contributed by atoms with Crippen molar-refractivity contribution < 1.29 is 0 Å². The molecule has 1 atom stereocenters. The number of hydrogen-bond acceptors (Lipinski definition) is 4. The fourth-order valence-corrected chi connectivity index (χ4v) is 1.82. The number of hydrogen-bond donors (Lipinski definition) is 1. The van der Waals surface area contributed by atoms with Gasteiger partial charge >= 0.3 is 0 Å². The molecule has 0 fully saturated rings. The minimum Gasteiger partial charge on any atom is -0.396 e. The molecule has 0 radical (unpaired) electrons. The summed E-state index contributed by atoms with van der Waals surface area (Å²) in [7, 11) is 0. The third-order valence-electron chi connectivity index (χ3n) is 3.19. The Hall–Kier alpha value is -1.76. The van der Waals surface area contributed by atoms with Gasteiger partial charge in [0.25, 0.3) is 0 Å². The van der Waals surface area contributed by atoms with E-state index in [0.717, 1.165) is 31.6 Å². The van der Waals surface area contributed by atoms with Crippen LogP contribution < -0.4 is 10.6 Å². The highest BCUT2D eigenvalue weighted by Gasteiger charge is 2.15. The van der Waals surface area contributed by atoms with Crippen LogP contribution in [0.1, 0.15) is 45.7 Å². The lowest BCUT2D eigenvalue weighted by Gasteiger charge is -2.29. The maximum atomic E-state index is 8.99. The fourth-order valence-electron chi connectivity index (χ4n) is 1.82. The van der Waals surface area contributed by atoms with E-state index < -0.39 is 0 Å². The molecule has 0 spiro atoms. The molecular weight excluding hydrogens is 224 g/mol. The molecule has 0 bridgehead atoms. The summed E-state index contributed by atoms with van der Waals surface area (Å²) < 4.78 is 0. The number of nitrogen functional groups attached to an aromatic ring is 1.